The van der Waals surface area contributed by atoms with E-state index in [-0.39, 0.29) is 12.6 Å². The van der Waals surface area contributed by atoms with Crippen molar-refractivity contribution < 1.29 is 9.53 Å². The Morgan fingerprint density at radius 3 is 3.13 bits per heavy atom. The molecule has 15 heavy (non-hydrogen) atoms. The standard InChI is InChI=1S/C10H12N2O2S/c1-14-6-12-8-4-7(11)2-3-9(8)15-5-10(12)13/h2-4H,5-6,11H2,1H3. The summed E-state index contributed by atoms with van der Waals surface area (Å²) in [4.78, 5) is 14.3. The molecule has 0 aliphatic carbocycles. The van der Waals surface area contributed by atoms with Crippen LogP contribution in [0, 0.1) is 0 Å². The number of carbonyl (C=O) groups excluding carboxylic acids is 1. The van der Waals surface area contributed by atoms with Crippen molar-refractivity contribution >= 4 is 29.0 Å². The number of nitrogen functional groups attached to an aromatic ring is 1. The Bertz CT molecular complexity index is 395. The van der Waals surface area contributed by atoms with Gasteiger partial charge in [-0.15, -0.1) is 11.8 Å². The summed E-state index contributed by atoms with van der Waals surface area (Å²) >= 11 is 1.53. The highest BCUT2D eigenvalue weighted by molar-refractivity contribution is 8.00. The fraction of sp³-hybridized carbons (Fsp3) is 0.300. The van der Waals surface area contributed by atoms with Gasteiger partial charge in [0.05, 0.1) is 11.4 Å². The van der Waals surface area contributed by atoms with Gasteiger partial charge >= 0.3 is 0 Å². The summed E-state index contributed by atoms with van der Waals surface area (Å²) in [5, 5.41) is 0. The minimum absolute atomic E-state index is 0.0555. The van der Waals surface area contributed by atoms with Crippen molar-refractivity contribution in [2.45, 2.75) is 4.90 Å². The van der Waals surface area contributed by atoms with Crippen LogP contribution >= 0.6 is 11.8 Å². The van der Waals surface area contributed by atoms with Crippen LogP contribution in [0.4, 0.5) is 11.4 Å². The normalized spacial score (nSPS) is 15.3. The van der Waals surface area contributed by atoms with Crippen LogP contribution in [-0.4, -0.2) is 25.5 Å². The van der Waals surface area contributed by atoms with Crippen molar-refractivity contribution in [1.82, 2.24) is 0 Å². The summed E-state index contributed by atoms with van der Waals surface area (Å²) in [5.41, 5.74) is 7.20. The van der Waals surface area contributed by atoms with E-state index in [4.69, 9.17) is 10.5 Å². The Balaban J connectivity index is 2.41. The number of amides is 1. The number of nitrogens with two attached hydrogens (primary N) is 1. The molecule has 0 atom stereocenters. The van der Waals surface area contributed by atoms with Crippen molar-refractivity contribution in [3.05, 3.63) is 18.2 Å². The molecule has 2 N–H and O–H groups in total. The molecule has 0 radical (unpaired) electrons. The summed E-state index contributed by atoms with van der Waals surface area (Å²) in [5.74, 6) is 0.514. The van der Waals surface area contributed by atoms with Crippen LogP contribution in [-0.2, 0) is 9.53 Å². The first-order valence-corrected chi connectivity index (χ1v) is 5.52. The van der Waals surface area contributed by atoms with E-state index < -0.39 is 0 Å². The zero-order valence-corrected chi connectivity index (χ0v) is 9.21. The molecular formula is C10H12N2O2S. The van der Waals surface area contributed by atoms with Gasteiger partial charge in [-0.2, -0.15) is 0 Å². The Hall–Kier alpha value is -1.20. The molecule has 1 aliphatic heterocycles. The van der Waals surface area contributed by atoms with E-state index in [1.54, 1.807) is 18.1 Å². The Labute approximate surface area is 92.4 Å². The van der Waals surface area contributed by atoms with Crippen LogP contribution in [0.1, 0.15) is 0 Å². The smallest absolute Gasteiger partial charge is 0.239 e. The third-order valence-corrected chi connectivity index (χ3v) is 3.23. The molecule has 2 rings (SSSR count). The van der Waals surface area contributed by atoms with E-state index in [9.17, 15) is 4.79 Å². The van der Waals surface area contributed by atoms with Crippen LogP contribution in [0.2, 0.25) is 0 Å². The van der Waals surface area contributed by atoms with Gasteiger partial charge in [-0.3, -0.25) is 9.69 Å². The summed E-state index contributed by atoms with van der Waals surface area (Å²) in [7, 11) is 1.57. The molecule has 0 saturated heterocycles. The zero-order chi connectivity index (χ0) is 10.8. The van der Waals surface area contributed by atoms with E-state index >= 15 is 0 Å². The number of ether oxygens (including phenoxy) is 1. The lowest BCUT2D eigenvalue weighted by Gasteiger charge is -2.28. The molecule has 1 aromatic rings. The monoisotopic (exact) mass is 224 g/mol. The number of benzene rings is 1. The van der Waals surface area contributed by atoms with Gasteiger partial charge < -0.3 is 10.5 Å². The minimum Gasteiger partial charge on any atom is -0.399 e. The first-order chi connectivity index (χ1) is 7.22. The number of nitrogens with zero attached hydrogens (tertiary/aromatic N) is 1. The zero-order valence-electron chi connectivity index (χ0n) is 8.40. The number of hydrogen-bond acceptors (Lipinski definition) is 4. The van der Waals surface area contributed by atoms with Crippen LogP contribution in [0.25, 0.3) is 0 Å². The predicted octanol–water partition coefficient (Wildman–Crippen LogP) is 1.31. The van der Waals surface area contributed by atoms with Crippen molar-refractivity contribution in [2.75, 3.05) is 30.2 Å². The van der Waals surface area contributed by atoms with Crippen LogP contribution in [0.3, 0.4) is 0 Å². The molecule has 0 spiro atoms. The number of anilines is 2. The maximum absolute atomic E-state index is 11.6. The first-order valence-electron chi connectivity index (χ1n) is 4.54. The fourth-order valence-corrected chi connectivity index (χ4v) is 2.41. The molecule has 0 fully saturated rings. The van der Waals surface area contributed by atoms with Crippen LogP contribution in [0.5, 0.6) is 0 Å². The van der Waals surface area contributed by atoms with Crippen molar-refractivity contribution in [3.63, 3.8) is 0 Å². The number of carbonyl (C=O) groups is 1. The maximum atomic E-state index is 11.6. The summed E-state index contributed by atoms with van der Waals surface area (Å²) in [6.45, 7) is 0.274. The second-order valence-corrected chi connectivity index (χ2v) is 4.27. The third-order valence-electron chi connectivity index (χ3n) is 2.18. The molecular weight excluding hydrogens is 212 g/mol. The lowest BCUT2D eigenvalue weighted by Crippen LogP contribution is -2.36. The Morgan fingerprint density at radius 1 is 1.60 bits per heavy atom. The second kappa shape index (κ2) is 4.12. The molecule has 1 heterocycles. The van der Waals surface area contributed by atoms with Gasteiger partial charge in [-0.05, 0) is 18.2 Å². The molecule has 1 aliphatic rings. The molecule has 0 saturated carbocycles. The molecule has 1 amide bonds. The number of rotatable bonds is 2. The Morgan fingerprint density at radius 2 is 2.40 bits per heavy atom. The highest BCUT2D eigenvalue weighted by atomic mass is 32.2. The molecule has 5 heteroatoms. The van der Waals surface area contributed by atoms with Crippen molar-refractivity contribution in [1.29, 1.82) is 0 Å². The van der Waals surface area contributed by atoms with Crippen molar-refractivity contribution in [3.8, 4) is 0 Å². The van der Waals surface area contributed by atoms with Gasteiger partial charge in [-0.25, -0.2) is 0 Å². The fourth-order valence-electron chi connectivity index (χ4n) is 1.49. The summed E-state index contributed by atoms with van der Waals surface area (Å²) in [6.07, 6.45) is 0. The Kier molecular flexibility index (Phi) is 2.83. The van der Waals surface area contributed by atoms with Crippen LogP contribution < -0.4 is 10.6 Å². The van der Waals surface area contributed by atoms with Gasteiger partial charge in [0, 0.05) is 17.7 Å². The van der Waals surface area contributed by atoms with Gasteiger partial charge in [-0.1, -0.05) is 0 Å². The molecule has 1 aromatic carbocycles. The largest absolute Gasteiger partial charge is 0.399 e. The number of hydrogen-bond donors (Lipinski definition) is 1. The van der Waals surface area contributed by atoms with E-state index in [1.165, 1.54) is 11.8 Å². The number of thioether (sulfide) groups is 1. The minimum atomic E-state index is 0.0555. The summed E-state index contributed by atoms with van der Waals surface area (Å²) < 4.78 is 5.00. The second-order valence-electron chi connectivity index (χ2n) is 3.26. The van der Waals surface area contributed by atoms with Gasteiger partial charge in [0.25, 0.3) is 0 Å². The average Bonchev–Trinajstić information content (AvgIpc) is 2.23. The molecule has 4 nitrogen and oxygen atoms in total. The van der Waals surface area contributed by atoms with E-state index in [0.29, 0.717) is 11.4 Å². The van der Waals surface area contributed by atoms with Gasteiger partial charge in [0.2, 0.25) is 5.91 Å². The number of fused-ring (bicyclic) bond motifs is 1. The number of methoxy groups -OCH3 is 1. The lowest BCUT2D eigenvalue weighted by molar-refractivity contribution is -0.117. The first kappa shape index (κ1) is 10.3. The SMILES string of the molecule is COCN1C(=O)CSc2ccc(N)cc21. The maximum Gasteiger partial charge on any atom is 0.239 e. The van der Waals surface area contributed by atoms with Gasteiger partial charge in [0.15, 0.2) is 0 Å². The summed E-state index contributed by atoms with van der Waals surface area (Å²) in [6, 6.07) is 5.58. The van der Waals surface area contributed by atoms with E-state index in [1.807, 2.05) is 12.1 Å². The predicted molar refractivity (Wildman–Crippen MR) is 60.9 cm³/mol. The van der Waals surface area contributed by atoms with E-state index in [2.05, 4.69) is 0 Å². The van der Waals surface area contributed by atoms with E-state index in [0.717, 1.165) is 10.6 Å². The molecule has 0 aromatic heterocycles. The molecule has 80 valence electrons. The topological polar surface area (TPSA) is 55.6 Å². The molecule has 0 bridgehead atoms. The highest BCUT2D eigenvalue weighted by Crippen LogP contribution is 2.36. The quantitative estimate of drug-likeness (QED) is 0.770. The average molecular weight is 224 g/mol. The third kappa shape index (κ3) is 1.93. The van der Waals surface area contributed by atoms with Crippen molar-refractivity contribution in [2.24, 2.45) is 0 Å². The lowest BCUT2D eigenvalue weighted by atomic mass is 10.2. The highest BCUT2D eigenvalue weighted by Gasteiger charge is 2.24. The van der Waals surface area contributed by atoms with Crippen LogP contribution in [0.15, 0.2) is 23.1 Å². The molecule has 0 unspecified atom stereocenters. The van der Waals surface area contributed by atoms with Gasteiger partial charge in [0.1, 0.15) is 6.73 Å².